The Morgan fingerprint density at radius 2 is 0.660 bits per heavy atom. The van der Waals surface area contributed by atoms with Crippen molar-refractivity contribution < 1.29 is 89.4 Å². The summed E-state index contributed by atoms with van der Waals surface area (Å²) in [6.45, 7) is 1.59. The van der Waals surface area contributed by atoms with E-state index in [-0.39, 0.29) is 18.9 Å². The Balaban J connectivity index is 1.40. The summed E-state index contributed by atoms with van der Waals surface area (Å²) in [5.41, 5.74) is 0. The molecule has 17 unspecified atom stereocenters. The van der Waals surface area contributed by atoms with E-state index in [4.69, 9.17) is 28.4 Å². The van der Waals surface area contributed by atoms with Crippen LogP contribution < -0.4 is 5.32 Å². The molecule has 3 saturated heterocycles. The van der Waals surface area contributed by atoms with Crippen LogP contribution in [0.15, 0.2) is 146 Å². The molecule has 3 heterocycles. The summed E-state index contributed by atoms with van der Waals surface area (Å²) in [5.74, 6) is -0.305. The summed E-state index contributed by atoms with van der Waals surface area (Å²) in [4.78, 5) is 13.5. The second-order valence-electron chi connectivity index (χ2n) is 28.5. The third-order valence-electron chi connectivity index (χ3n) is 19.3. The van der Waals surface area contributed by atoms with E-state index in [1.165, 1.54) is 103 Å². The van der Waals surface area contributed by atoms with E-state index in [0.717, 1.165) is 128 Å². The summed E-state index contributed by atoms with van der Waals surface area (Å²) in [7, 11) is 0. The fourth-order valence-electron chi connectivity index (χ4n) is 12.8. The molecular weight excluding hydrogens is 1350 g/mol. The molecule has 0 aromatic rings. The van der Waals surface area contributed by atoms with E-state index in [9.17, 15) is 61.0 Å². The number of hydrogen-bond acceptors (Lipinski definition) is 18. The number of carbonyl (C=O) groups is 1. The predicted molar refractivity (Wildman–Crippen MR) is 424 cm³/mol. The van der Waals surface area contributed by atoms with Gasteiger partial charge < -0.3 is 89.9 Å². The van der Waals surface area contributed by atoms with Crippen LogP contribution in [0.3, 0.4) is 0 Å². The predicted octanol–water partition coefficient (Wildman–Crippen LogP) is 14.2. The topological polar surface area (TPSA) is 307 Å². The Hall–Kier alpha value is -4.33. The van der Waals surface area contributed by atoms with Crippen molar-refractivity contribution in [2.45, 2.75) is 369 Å². The van der Waals surface area contributed by atoms with E-state index < -0.39 is 124 Å². The summed E-state index contributed by atoms with van der Waals surface area (Å²) in [5, 5.41) is 121. The lowest BCUT2D eigenvalue weighted by atomic mass is 9.96. The molecule has 3 aliphatic rings. The van der Waals surface area contributed by atoms with Crippen LogP contribution in [0, 0.1) is 0 Å². The molecule has 17 atom stereocenters. The molecule has 3 fully saturated rings. The summed E-state index contributed by atoms with van der Waals surface area (Å²) < 4.78 is 34.4. The minimum atomic E-state index is -1.99. The highest BCUT2D eigenvalue weighted by molar-refractivity contribution is 5.76. The first-order chi connectivity index (χ1) is 51.8. The number of unbranched alkanes of at least 4 members (excludes halogenated alkanes) is 25. The van der Waals surface area contributed by atoms with Gasteiger partial charge in [0.05, 0.1) is 38.6 Å². The summed E-state index contributed by atoms with van der Waals surface area (Å²) in [6.07, 6.45) is 68.2. The number of ether oxygens (including phenoxy) is 6. The Labute approximate surface area is 638 Å². The molecule has 1 amide bonds. The second-order valence-corrected chi connectivity index (χ2v) is 28.5. The van der Waals surface area contributed by atoms with Crippen molar-refractivity contribution in [2.75, 3.05) is 26.4 Å². The first kappa shape index (κ1) is 95.9. The molecule has 0 aliphatic carbocycles. The maximum Gasteiger partial charge on any atom is 0.220 e. The van der Waals surface area contributed by atoms with E-state index in [2.05, 4.69) is 153 Å². The van der Waals surface area contributed by atoms with Gasteiger partial charge in [0, 0.05) is 6.42 Å². The van der Waals surface area contributed by atoms with Gasteiger partial charge in [0.25, 0.3) is 0 Å². The molecule has 3 aliphatic heterocycles. The van der Waals surface area contributed by atoms with Crippen LogP contribution in [0.2, 0.25) is 0 Å². The molecule has 0 spiro atoms. The Kier molecular flexibility index (Phi) is 59.1. The van der Waals surface area contributed by atoms with Crippen molar-refractivity contribution in [1.82, 2.24) is 5.32 Å². The highest BCUT2D eigenvalue weighted by Crippen LogP contribution is 2.33. The Bertz CT molecular complexity index is 2490. The largest absolute Gasteiger partial charge is 0.394 e. The number of hydrogen-bond donors (Lipinski definition) is 12. The molecule has 0 saturated carbocycles. The second kappa shape index (κ2) is 65.4. The number of amides is 1. The smallest absolute Gasteiger partial charge is 0.220 e. The zero-order valence-electron chi connectivity index (χ0n) is 64.9. The lowest BCUT2D eigenvalue weighted by molar-refractivity contribution is -0.379. The van der Waals surface area contributed by atoms with Gasteiger partial charge in [-0.2, -0.15) is 0 Å². The van der Waals surface area contributed by atoms with E-state index in [0.29, 0.717) is 12.8 Å². The highest BCUT2D eigenvalue weighted by atomic mass is 16.8. The van der Waals surface area contributed by atoms with Gasteiger partial charge in [-0.25, -0.2) is 0 Å². The van der Waals surface area contributed by atoms with Gasteiger partial charge in [0.1, 0.15) is 73.2 Å². The number of nitrogens with one attached hydrogen (secondary N) is 1. The van der Waals surface area contributed by atoms with Crippen molar-refractivity contribution in [3.63, 3.8) is 0 Å². The molecule has 19 heteroatoms. The average molecular weight is 1490 g/mol. The zero-order valence-corrected chi connectivity index (χ0v) is 64.9. The summed E-state index contributed by atoms with van der Waals surface area (Å²) >= 11 is 0. The first-order valence-electron chi connectivity index (χ1n) is 41.1. The average Bonchev–Trinajstić information content (AvgIpc) is 0.779. The molecule has 606 valence electrons. The summed E-state index contributed by atoms with van der Waals surface area (Å²) in [6, 6.07) is -1.02. The molecule has 106 heavy (non-hydrogen) atoms. The fraction of sp³-hybridized carbons (Fsp3) is 0.713. The zero-order chi connectivity index (χ0) is 76.7. The molecule has 0 aromatic carbocycles. The number of aliphatic hydroxyl groups is 11. The van der Waals surface area contributed by atoms with Crippen molar-refractivity contribution in [2.24, 2.45) is 0 Å². The van der Waals surface area contributed by atoms with Crippen LogP contribution in [-0.4, -0.2) is 193 Å². The van der Waals surface area contributed by atoms with Crippen molar-refractivity contribution in [1.29, 1.82) is 0 Å². The fourth-order valence-corrected chi connectivity index (χ4v) is 12.8. The number of carbonyl (C=O) groups excluding carboxylic acids is 1. The highest BCUT2D eigenvalue weighted by Gasteiger charge is 2.54. The van der Waals surface area contributed by atoms with Crippen LogP contribution in [0.25, 0.3) is 0 Å². The molecule has 0 aromatic heterocycles. The van der Waals surface area contributed by atoms with Gasteiger partial charge in [-0.05, 0) is 116 Å². The van der Waals surface area contributed by atoms with Crippen LogP contribution in [0.5, 0.6) is 0 Å². The quantitative estimate of drug-likeness (QED) is 0.0199. The van der Waals surface area contributed by atoms with E-state index in [1.54, 1.807) is 6.08 Å². The monoisotopic (exact) mass is 1490 g/mol. The Morgan fingerprint density at radius 3 is 1.06 bits per heavy atom. The standard InChI is InChI=1S/C87H145NO18/c1-3-5-7-9-11-13-15-17-19-21-23-25-27-29-31-32-33-34-35-36-37-38-39-41-43-45-47-49-51-53-55-57-59-61-63-65-75(93)88-70(71(92)64-62-60-58-56-54-52-50-48-46-44-42-40-30-28-26-24-22-20-18-16-14-12-10-8-6-4-2)69-101-85-81(99)78(96)83(73(67-90)103-85)106-87-82(100)79(97)84(74(68-91)104-87)105-86-80(98)77(95)76(94)72(66-89)102-86/h5,7,11,13,17,19,23,25,29,31,33-34,36-37,39,41,45-48,54,56,62,64,70-74,76-87,89-92,94-100H,3-4,6,8-10,12,14-16,18,20-22,24,26-28,30,32,35,38,40,42-44,49-53,55,57-61,63,65-69H2,1-2H3,(H,88,93)/b7-5-,13-11-,19-17-,25-23-,31-29-,34-33-,37-36-,41-39-,47-45-,48-46+,56-54+,64-62+. The van der Waals surface area contributed by atoms with Gasteiger partial charge in [-0.15, -0.1) is 0 Å². The van der Waals surface area contributed by atoms with Gasteiger partial charge >= 0.3 is 0 Å². The minimum absolute atomic E-state index is 0.209. The molecular formula is C87H145NO18. The maximum atomic E-state index is 13.5. The molecule has 0 radical (unpaired) electrons. The Morgan fingerprint density at radius 1 is 0.349 bits per heavy atom. The van der Waals surface area contributed by atoms with Crippen LogP contribution in [0.4, 0.5) is 0 Å². The number of allylic oxidation sites excluding steroid dienone is 23. The number of rotatable bonds is 63. The lowest BCUT2D eigenvalue weighted by Gasteiger charge is -2.48. The maximum absolute atomic E-state index is 13.5. The van der Waals surface area contributed by atoms with Crippen molar-refractivity contribution in [3.05, 3.63) is 146 Å². The van der Waals surface area contributed by atoms with Gasteiger partial charge in [0.2, 0.25) is 5.91 Å². The molecule has 12 N–H and O–H groups in total. The van der Waals surface area contributed by atoms with Gasteiger partial charge in [-0.1, -0.05) is 288 Å². The first-order valence-corrected chi connectivity index (χ1v) is 41.1. The van der Waals surface area contributed by atoms with Crippen LogP contribution >= 0.6 is 0 Å². The number of aliphatic hydroxyl groups excluding tert-OH is 11. The van der Waals surface area contributed by atoms with E-state index >= 15 is 0 Å². The van der Waals surface area contributed by atoms with Crippen LogP contribution in [-0.2, 0) is 33.2 Å². The molecule has 19 nitrogen and oxygen atoms in total. The normalized spacial score (nSPS) is 26.4. The lowest BCUT2D eigenvalue weighted by Crippen LogP contribution is -2.66. The third-order valence-corrected chi connectivity index (χ3v) is 19.3. The molecule has 3 rings (SSSR count). The van der Waals surface area contributed by atoms with Crippen molar-refractivity contribution in [3.8, 4) is 0 Å². The SMILES string of the molecule is CC/C=C\C/C=C\C/C=C\C/C=C\C/C=C\C/C=C\C/C=C\C/C=C\C/C=C\CCCCCCCCCC(=O)NC(COC1OC(CO)C(OC2OC(CO)C(OC3OC(CO)C(O)C(O)C3O)C(O)C2O)C(O)C1O)C(O)/C=C/CC/C=C/CC/C=C/CCCCCCCCCCCCCCCCCC. The van der Waals surface area contributed by atoms with Gasteiger partial charge in [-0.3, -0.25) is 4.79 Å². The molecule has 0 bridgehead atoms. The minimum Gasteiger partial charge on any atom is -0.394 e. The van der Waals surface area contributed by atoms with Crippen LogP contribution in [0.1, 0.15) is 264 Å². The third kappa shape index (κ3) is 44.5. The van der Waals surface area contributed by atoms with E-state index in [1.807, 2.05) is 6.08 Å². The van der Waals surface area contributed by atoms with Crippen molar-refractivity contribution >= 4 is 5.91 Å². The van der Waals surface area contributed by atoms with Gasteiger partial charge in [0.15, 0.2) is 18.9 Å².